The lowest BCUT2D eigenvalue weighted by Gasteiger charge is -2.38. The Labute approximate surface area is 155 Å². The first-order chi connectivity index (χ1) is 11.6. The second-order valence-electron chi connectivity index (χ2n) is 6.28. The highest BCUT2D eigenvalue weighted by Gasteiger charge is 2.28. The largest absolute Gasteiger partial charge is 0.489 e. The predicted molar refractivity (Wildman–Crippen MR) is 102 cm³/mol. The third-order valence-corrected chi connectivity index (χ3v) is 4.64. The summed E-state index contributed by atoms with van der Waals surface area (Å²) in [6, 6.07) is 18.0. The monoisotopic (exact) mass is 360 g/mol. The van der Waals surface area contributed by atoms with Gasteiger partial charge in [-0.2, -0.15) is 0 Å². The second kappa shape index (κ2) is 8.88. The van der Waals surface area contributed by atoms with Crippen molar-refractivity contribution in [1.82, 2.24) is 10.2 Å². The summed E-state index contributed by atoms with van der Waals surface area (Å²) in [6.07, 6.45) is 0. The summed E-state index contributed by atoms with van der Waals surface area (Å²) in [5.41, 5.74) is 1.79. The molecule has 0 spiro atoms. The minimum Gasteiger partial charge on any atom is -0.489 e. The van der Waals surface area contributed by atoms with E-state index in [-0.39, 0.29) is 24.4 Å². The van der Waals surface area contributed by atoms with Crippen molar-refractivity contribution in [2.24, 2.45) is 0 Å². The van der Waals surface area contributed by atoms with E-state index in [9.17, 15) is 4.79 Å². The molecular weight excluding hydrogens is 336 g/mol. The SMILES string of the molecule is CC1NCCN(C(=O)c2ccc(COc3ccccc3)cc2)C1C.Cl. The van der Waals surface area contributed by atoms with Gasteiger partial charge in [0.15, 0.2) is 0 Å². The molecule has 2 unspecified atom stereocenters. The molecule has 0 radical (unpaired) electrons. The van der Waals surface area contributed by atoms with E-state index in [1.165, 1.54) is 0 Å². The molecule has 0 saturated carbocycles. The van der Waals surface area contributed by atoms with Gasteiger partial charge < -0.3 is 15.0 Å². The van der Waals surface area contributed by atoms with Gasteiger partial charge in [-0.05, 0) is 43.7 Å². The molecule has 1 amide bonds. The Kier molecular flexibility index (Phi) is 6.85. The Morgan fingerprint density at radius 2 is 1.80 bits per heavy atom. The maximum Gasteiger partial charge on any atom is 0.254 e. The standard InChI is InChI=1S/C20H24N2O2.ClH/c1-15-16(2)22(13-12-21-15)20(23)18-10-8-17(9-11-18)14-24-19-6-4-3-5-7-19;/h3-11,15-16,21H,12-14H2,1-2H3;1H. The fourth-order valence-corrected chi connectivity index (χ4v) is 2.94. The Hall–Kier alpha value is -2.04. The van der Waals surface area contributed by atoms with E-state index in [4.69, 9.17) is 4.74 Å². The third kappa shape index (κ3) is 4.74. The van der Waals surface area contributed by atoms with Crippen molar-refractivity contribution in [2.75, 3.05) is 13.1 Å². The van der Waals surface area contributed by atoms with Gasteiger partial charge in [-0.1, -0.05) is 30.3 Å². The van der Waals surface area contributed by atoms with Crippen molar-refractivity contribution < 1.29 is 9.53 Å². The number of nitrogens with zero attached hydrogens (tertiary/aromatic N) is 1. The van der Waals surface area contributed by atoms with Crippen LogP contribution in [0.25, 0.3) is 0 Å². The van der Waals surface area contributed by atoms with Gasteiger partial charge in [-0.3, -0.25) is 4.79 Å². The normalized spacial score (nSPS) is 19.8. The predicted octanol–water partition coefficient (Wildman–Crippen LogP) is 3.51. The van der Waals surface area contributed by atoms with Crippen LogP contribution in [-0.2, 0) is 6.61 Å². The number of ether oxygens (including phenoxy) is 1. The van der Waals surface area contributed by atoms with Crippen LogP contribution >= 0.6 is 12.4 Å². The molecule has 25 heavy (non-hydrogen) atoms. The summed E-state index contributed by atoms with van der Waals surface area (Å²) in [4.78, 5) is 14.7. The van der Waals surface area contributed by atoms with Crippen molar-refractivity contribution in [2.45, 2.75) is 32.5 Å². The van der Waals surface area contributed by atoms with Crippen molar-refractivity contribution in [3.05, 3.63) is 65.7 Å². The smallest absolute Gasteiger partial charge is 0.254 e. The van der Waals surface area contributed by atoms with E-state index in [1.807, 2.05) is 59.5 Å². The summed E-state index contributed by atoms with van der Waals surface area (Å²) in [5, 5.41) is 3.40. The van der Waals surface area contributed by atoms with Gasteiger partial charge in [-0.25, -0.2) is 0 Å². The first kappa shape index (κ1) is 19.3. The van der Waals surface area contributed by atoms with Gasteiger partial charge in [0.2, 0.25) is 0 Å². The van der Waals surface area contributed by atoms with Gasteiger partial charge in [0.25, 0.3) is 5.91 Å². The Balaban J connectivity index is 0.00000225. The number of nitrogens with one attached hydrogen (secondary N) is 1. The van der Waals surface area contributed by atoms with Crippen molar-refractivity contribution in [3.63, 3.8) is 0 Å². The zero-order valence-corrected chi connectivity index (χ0v) is 15.5. The lowest BCUT2D eigenvalue weighted by Crippen LogP contribution is -2.57. The fourth-order valence-electron chi connectivity index (χ4n) is 2.94. The molecule has 3 rings (SSSR count). The van der Waals surface area contributed by atoms with E-state index in [0.717, 1.165) is 30.0 Å². The fraction of sp³-hybridized carbons (Fsp3) is 0.350. The van der Waals surface area contributed by atoms with E-state index in [1.54, 1.807) is 0 Å². The molecule has 0 aliphatic carbocycles. The van der Waals surface area contributed by atoms with E-state index < -0.39 is 0 Å². The van der Waals surface area contributed by atoms with Crippen molar-refractivity contribution in [3.8, 4) is 5.75 Å². The summed E-state index contributed by atoms with van der Waals surface area (Å²) < 4.78 is 5.74. The molecule has 4 nitrogen and oxygen atoms in total. The maximum absolute atomic E-state index is 12.7. The van der Waals surface area contributed by atoms with Crippen LogP contribution in [0.3, 0.4) is 0 Å². The van der Waals surface area contributed by atoms with E-state index in [2.05, 4.69) is 19.2 Å². The van der Waals surface area contributed by atoms with Gasteiger partial charge in [-0.15, -0.1) is 12.4 Å². The van der Waals surface area contributed by atoms with Crippen LogP contribution in [0.4, 0.5) is 0 Å². The first-order valence-electron chi connectivity index (χ1n) is 8.46. The molecule has 1 saturated heterocycles. The van der Waals surface area contributed by atoms with E-state index >= 15 is 0 Å². The minimum atomic E-state index is 0. The highest BCUT2D eigenvalue weighted by Crippen LogP contribution is 2.16. The first-order valence-corrected chi connectivity index (χ1v) is 8.46. The maximum atomic E-state index is 12.7. The van der Waals surface area contributed by atoms with Crippen LogP contribution in [-0.4, -0.2) is 36.0 Å². The van der Waals surface area contributed by atoms with E-state index in [0.29, 0.717) is 12.6 Å². The lowest BCUT2D eigenvalue weighted by molar-refractivity contribution is 0.0603. The van der Waals surface area contributed by atoms with Crippen LogP contribution in [0, 0.1) is 0 Å². The van der Waals surface area contributed by atoms with Crippen LogP contribution in [0.2, 0.25) is 0 Å². The number of para-hydroxylation sites is 1. The number of piperazine rings is 1. The molecule has 0 aromatic heterocycles. The molecule has 1 N–H and O–H groups in total. The molecule has 1 aliphatic rings. The summed E-state index contributed by atoms with van der Waals surface area (Å²) in [6.45, 7) is 6.31. The number of hydrogen-bond donors (Lipinski definition) is 1. The third-order valence-electron chi connectivity index (χ3n) is 4.64. The average molecular weight is 361 g/mol. The van der Waals surface area contributed by atoms with Crippen LogP contribution < -0.4 is 10.1 Å². The molecule has 1 aliphatic heterocycles. The molecule has 134 valence electrons. The topological polar surface area (TPSA) is 41.6 Å². The lowest BCUT2D eigenvalue weighted by atomic mass is 10.0. The summed E-state index contributed by atoms with van der Waals surface area (Å²) in [7, 11) is 0. The molecule has 1 heterocycles. The minimum absolute atomic E-state index is 0. The van der Waals surface area contributed by atoms with Gasteiger partial charge in [0.05, 0.1) is 0 Å². The quantitative estimate of drug-likeness (QED) is 0.907. The van der Waals surface area contributed by atoms with Gasteiger partial charge in [0.1, 0.15) is 12.4 Å². The number of amides is 1. The molecule has 0 bridgehead atoms. The zero-order valence-electron chi connectivity index (χ0n) is 14.6. The van der Waals surface area contributed by atoms with Gasteiger partial charge >= 0.3 is 0 Å². The Morgan fingerprint density at radius 3 is 2.48 bits per heavy atom. The van der Waals surface area contributed by atoms with Crippen LogP contribution in [0.5, 0.6) is 5.75 Å². The Bertz CT molecular complexity index is 676. The molecule has 2 aromatic carbocycles. The van der Waals surface area contributed by atoms with Crippen molar-refractivity contribution in [1.29, 1.82) is 0 Å². The molecule has 5 heteroatoms. The molecule has 1 fully saturated rings. The summed E-state index contributed by atoms with van der Waals surface area (Å²) >= 11 is 0. The highest BCUT2D eigenvalue weighted by molar-refractivity contribution is 5.94. The zero-order chi connectivity index (χ0) is 16.9. The average Bonchev–Trinajstić information content (AvgIpc) is 2.63. The summed E-state index contributed by atoms with van der Waals surface area (Å²) in [5.74, 6) is 0.952. The number of carbonyl (C=O) groups is 1. The highest BCUT2D eigenvalue weighted by atomic mass is 35.5. The second-order valence-corrected chi connectivity index (χ2v) is 6.28. The number of rotatable bonds is 4. The number of halogens is 1. The molecule has 2 atom stereocenters. The van der Waals surface area contributed by atoms with Crippen molar-refractivity contribution >= 4 is 18.3 Å². The molecular formula is C20H25ClN2O2. The Morgan fingerprint density at radius 1 is 1.12 bits per heavy atom. The van der Waals surface area contributed by atoms with Crippen LogP contribution in [0.1, 0.15) is 29.8 Å². The van der Waals surface area contributed by atoms with Crippen LogP contribution in [0.15, 0.2) is 54.6 Å². The number of hydrogen-bond acceptors (Lipinski definition) is 3. The number of benzene rings is 2. The number of carbonyl (C=O) groups excluding carboxylic acids is 1. The molecule has 2 aromatic rings. The van der Waals surface area contributed by atoms with Gasteiger partial charge in [0, 0.05) is 30.7 Å².